The molecule has 0 saturated carbocycles. The van der Waals surface area contributed by atoms with E-state index in [2.05, 4.69) is 17.7 Å². The third kappa shape index (κ3) is 3.27. The van der Waals surface area contributed by atoms with Gasteiger partial charge in [-0.25, -0.2) is 4.68 Å². The van der Waals surface area contributed by atoms with Gasteiger partial charge in [0, 0.05) is 14.6 Å². The number of hydrogen-bond donors (Lipinski definition) is 1. The summed E-state index contributed by atoms with van der Waals surface area (Å²) < 4.78 is 62.8. The molecule has 3 rings (SSSR count). The molecule has 0 radical (unpaired) electrons. The number of thiol groups is 1. The van der Waals surface area contributed by atoms with E-state index in [1.165, 1.54) is 28.9 Å². The van der Waals surface area contributed by atoms with E-state index in [0.29, 0.717) is 16.1 Å². The lowest BCUT2D eigenvalue weighted by atomic mass is 10.1. The molecule has 0 atom stereocenters. The summed E-state index contributed by atoms with van der Waals surface area (Å²) in [6, 6.07) is 13.2. The van der Waals surface area contributed by atoms with Crippen molar-refractivity contribution in [2.75, 3.05) is 0 Å². The van der Waals surface area contributed by atoms with E-state index in [-0.39, 0.29) is 11.3 Å². The second kappa shape index (κ2) is 5.77. The van der Waals surface area contributed by atoms with Crippen LogP contribution in [0.25, 0.3) is 16.9 Å². The summed E-state index contributed by atoms with van der Waals surface area (Å²) in [5, 5.41) is 3.68. The van der Waals surface area contributed by atoms with Gasteiger partial charge in [0.1, 0.15) is 0 Å². The average Bonchev–Trinajstić information content (AvgIpc) is 3.00. The third-order valence-electron chi connectivity index (χ3n) is 3.27. The molecule has 23 heavy (non-hydrogen) atoms. The number of nitrogens with zero attached hydrogens (tertiary/aromatic N) is 2. The van der Waals surface area contributed by atoms with Crippen molar-refractivity contribution in [3.63, 3.8) is 0 Å². The van der Waals surface area contributed by atoms with E-state index in [1.807, 2.05) is 0 Å². The minimum atomic E-state index is -4.60. The molecular weight excluding hydrogens is 321 g/mol. The molecule has 2 aromatic carbocycles. The molecule has 6 heteroatoms. The van der Waals surface area contributed by atoms with Crippen LogP contribution in [-0.2, 0) is 6.18 Å². The Morgan fingerprint density at radius 2 is 1.70 bits per heavy atom. The molecule has 0 unspecified atom stereocenters. The lowest BCUT2D eigenvalue weighted by Gasteiger charge is -2.08. The minimum Gasteiger partial charge on any atom is -0.233 e. The Labute approximate surface area is 141 Å². The van der Waals surface area contributed by atoms with E-state index >= 15 is 0 Å². The Hall–Kier alpha value is -2.21. The van der Waals surface area contributed by atoms with E-state index in [1.54, 1.807) is 24.3 Å². The summed E-state index contributed by atoms with van der Waals surface area (Å²) in [5.74, 6) is 0. The van der Waals surface area contributed by atoms with E-state index in [9.17, 15) is 13.2 Å². The molecule has 1 heterocycles. The molecule has 0 aliphatic rings. The number of benzene rings is 2. The van der Waals surface area contributed by atoms with Gasteiger partial charge in [0.2, 0.25) is 0 Å². The first-order valence-electron chi connectivity index (χ1n) is 8.13. The van der Waals surface area contributed by atoms with Gasteiger partial charge in [0.25, 0.3) is 0 Å². The molecule has 0 N–H and O–H groups in total. The van der Waals surface area contributed by atoms with Gasteiger partial charge in [-0.3, -0.25) is 0 Å². The van der Waals surface area contributed by atoms with Crippen LogP contribution in [0.1, 0.15) is 15.4 Å². The molecule has 0 saturated heterocycles. The van der Waals surface area contributed by atoms with Crippen LogP contribution in [0, 0.1) is 6.85 Å². The zero-order chi connectivity index (χ0) is 19.1. The second-order valence-corrected chi connectivity index (χ2v) is 5.43. The van der Waals surface area contributed by atoms with Crippen molar-refractivity contribution in [3.8, 4) is 16.9 Å². The first kappa shape index (κ1) is 12.2. The highest BCUT2D eigenvalue weighted by Crippen LogP contribution is 2.33. The Balaban J connectivity index is 2.13. The predicted molar refractivity (Wildman–Crippen MR) is 86.0 cm³/mol. The van der Waals surface area contributed by atoms with Crippen LogP contribution in [0.15, 0.2) is 59.5 Å². The van der Waals surface area contributed by atoms with Crippen LogP contribution in [0.5, 0.6) is 0 Å². The molecule has 0 amide bonds. The monoisotopic (exact) mass is 337 g/mol. The lowest BCUT2D eigenvalue weighted by molar-refractivity contribution is -0.141. The van der Waals surface area contributed by atoms with Crippen LogP contribution in [0.2, 0.25) is 0 Å². The zero-order valence-corrected chi connectivity index (χ0v) is 12.6. The van der Waals surface area contributed by atoms with Crippen molar-refractivity contribution < 1.29 is 17.3 Å². The normalized spacial score (nSPS) is 14.2. The number of hydrogen-bond acceptors (Lipinski definition) is 2. The smallest absolute Gasteiger partial charge is 0.233 e. The van der Waals surface area contributed by atoms with Crippen LogP contribution < -0.4 is 0 Å². The second-order valence-electron chi connectivity index (χ2n) is 4.92. The first-order valence-corrected chi connectivity index (χ1v) is 7.08. The van der Waals surface area contributed by atoms with E-state index < -0.39 is 18.7 Å². The van der Waals surface area contributed by atoms with Crippen molar-refractivity contribution in [2.24, 2.45) is 0 Å². The molecule has 0 bridgehead atoms. The van der Waals surface area contributed by atoms with Gasteiger partial charge < -0.3 is 0 Å². The summed E-state index contributed by atoms with van der Waals surface area (Å²) >= 11 is 4.17. The molecule has 1 aromatic heterocycles. The van der Waals surface area contributed by atoms with Gasteiger partial charge >= 0.3 is 6.18 Å². The van der Waals surface area contributed by atoms with Crippen molar-refractivity contribution in [3.05, 3.63) is 65.9 Å². The minimum absolute atomic E-state index is 0.114. The Morgan fingerprint density at radius 1 is 1.04 bits per heavy atom. The molecule has 0 aliphatic carbocycles. The van der Waals surface area contributed by atoms with Crippen LogP contribution in [0.3, 0.4) is 0 Å². The van der Waals surface area contributed by atoms with Gasteiger partial charge in [0.05, 0.1) is 11.4 Å². The lowest BCUT2D eigenvalue weighted by Crippen LogP contribution is -2.07. The molecule has 0 aliphatic heterocycles. The fraction of sp³-hybridized carbons (Fsp3) is 0.118. The summed E-state index contributed by atoms with van der Waals surface area (Å²) in [6.07, 6.45) is -4.60. The van der Waals surface area contributed by atoms with E-state index in [4.69, 9.17) is 4.11 Å². The number of aryl methyl sites for hydroxylation is 1. The third-order valence-corrected chi connectivity index (χ3v) is 3.57. The average molecular weight is 337 g/mol. The Bertz CT molecular complexity index is 914. The van der Waals surface area contributed by atoms with Crippen molar-refractivity contribution in [1.82, 2.24) is 9.78 Å². The van der Waals surface area contributed by atoms with Crippen LogP contribution in [-0.4, -0.2) is 9.78 Å². The maximum atomic E-state index is 13.1. The number of alkyl halides is 3. The number of rotatable bonds is 2. The van der Waals surface area contributed by atoms with Crippen molar-refractivity contribution in [2.45, 2.75) is 17.9 Å². The standard InChI is InChI=1S/C17H13F3N2S/c1-11-2-4-12(5-3-11)15-10-16(17(18,19)20)21-22(15)13-6-8-14(23)9-7-13/h2-10,23H,1H3/i1D3. The van der Waals surface area contributed by atoms with Gasteiger partial charge in [-0.2, -0.15) is 18.3 Å². The van der Waals surface area contributed by atoms with Gasteiger partial charge in [-0.05, 0) is 37.2 Å². The Morgan fingerprint density at radius 3 is 2.26 bits per heavy atom. The van der Waals surface area contributed by atoms with Gasteiger partial charge in [0.15, 0.2) is 5.69 Å². The van der Waals surface area contributed by atoms with Crippen molar-refractivity contribution >= 4 is 12.6 Å². The summed E-state index contributed by atoms with van der Waals surface area (Å²) in [4.78, 5) is 0.667. The molecule has 0 spiro atoms. The largest absolute Gasteiger partial charge is 0.435 e. The summed E-state index contributed by atoms with van der Waals surface area (Å²) in [7, 11) is 0. The molecule has 2 nitrogen and oxygen atoms in total. The maximum Gasteiger partial charge on any atom is 0.435 e. The highest BCUT2D eigenvalue weighted by atomic mass is 32.1. The summed E-state index contributed by atoms with van der Waals surface area (Å²) in [5.41, 5.74) is 0.163. The fourth-order valence-electron chi connectivity index (χ4n) is 2.16. The van der Waals surface area contributed by atoms with Crippen LogP contribution in [0.4, 0.5) is 13.2 Å². The number of halogens is 3. The van der Waals surface area contributed by atoms with Gasteiger partial charge in [-0.15, -0.1) is 12.6 Å². The predicted octanol–water partition coefficient (Wildman–Crippen LogP) is 5.16. The highest BCUT2D eigenvalue weighted by Gasteiger charge is 2.35. The molecule has 0 fully saturated rings. The quantitative estimate of drug-likeness (QED) is 0.640. The van der Waals surface area contributed by atoms with E-state index in [0.717, 1.165) is 6.07 Å². The Kier molecular flexibility index (Phi) is 3.07. The zero-order valence-electron chi connectivity index (χ0n) is 14.7. The fourth-order valence-corrected chi connectivity index (χ4v) is 2.31. The SMILES string of the molecule is [2H]C([2H])([2H])c1ccc(-c2cc(C(F)(F)F)nn2-c2ccc(S)cc2)cc1. The van der Waals surface area contributed by atoms with Crippen LogP contribution >= 0.6 is 12.6 Å². The first-order chi connectivity index (χ1) is 12.1. The molecular formula is C17H13F3N2S. The highest BCUT2D eigenvalue weighted by molar-refractivity contribution is 7.80. The topological polar surface area (TPSA) is 17.8 Å². The number of aromatic nitrogens is 2. The summed E-state index contributed by atoms with van der Waals surface area (Å²) in [6.45, 7) is -2.28. The molecule has 118 valence electrons. The van der Waals surface area contributed by atoms with Gasteiger partial charge in [-0.1, -0.05) is 29.8 Å². The molecule has 3 aromatic rings. The van der Waals surface area contributed by atoms with Crippen molar-refractivity contribution in [1.29, 1.82) is 0 Å². The maximum absolute atomic E-state index is 13.1.